The summed E-state index contributed by atoms with van der Waals surface area (Å²) in [4.78, 5) is 0. The highest BCUT2D eigenvalue weighted by molar-refractivity contribution is 5.26. The highest BCUT2D eigenvalue weighted by atomic mass is 16.7. The number of ether oxygens (including phenoxy) is 3. The summed E-state index contributed by atoms with van der Waals surface area (Å²) in [5.41, 5.74) is -2.12. The van der Waals surface area contributed by atoms with E-state index in [9.17, 15) is 20.4 Å². The molecule has 1 spiro atoms. The van der Waals surface area contributed by atoms with Gasteiger partial charge in [-0.05, 0) is 43.4 Å². The Kier molecular flexibility index (Phi) is 5.28. The standard InChI is InChI=1S/C25H40O7/c1-12-8-9-24(29)13(2)18(12)20(27)22-25(32-22)17(26)10-16-15(11-30-16)19(25)21(24)31-23(28)14-6-4-3-5-7-14/h12-23,26-29H,3-11H2,1-2H3/t12?,13?,15?,16?,17?,18?,19?,20?,21-,22?,23?,24?,25?/m1/s1. The van der Waals surface area contributed by atoms with Crippen molar-refractivity contribution in [2.24, 2.45) is 35.5 Å². The Labute approximate surface area is 190 Å². The van der Waals surface area contributed by atoms with Gasteiger partial charge in [-0.15, -0.1) is 0 Å². The van der Waals surface area contributed by atoms with E-state index in [0.717, 1.165) is 32.1 Å². The number of epoxide rings is 1. The van der Waals surface area contributed by atoms with E-state index in [1.807, 2.05) is 6.92 Å². The van der Waals surface area contributed by atoms with Gasteiger partial charge >= 0.3 is 0 Å². The summed E-state index contributed by atoms with van der Waals surface area (Å²) >= 11 is 0. The smallest absolute Gasteiger partial charge is 0.157 e. The topological polar surface area (TPSA) is 112 Å². The second-order valence-corrected chi connectivity index (χ2v) is 11.9. The number of aliphatic hydroxyl groups excluding tert-OH is 3. The molecule has 2 bridgehead atoms. The molecule has 0 amide bonds. The molecule has 0 aromatic rings. The molecule has 4 N–H and O–H groups in total. The molecule has 0 aromatic carbocycles. The van der Waals surface area contributed by atoms with Crippen LogP contribution >= 0.6 is 0 Å². The maximum Gasteiger partial charge on any atom is 0.157 e. The van der Waals surface area contributed by atoms with Crippen LogP contribution in [0.5, 0.6) is 0 Å². The summed E-state index contributed by atoms with van der Waals surface area (Å²) in [5.74, 6) is -0.255. The minimum absolute atomic E-state index is 0.0748. The van der Waals surface area contributed by atoms with Gasteiger partial charge in [-0.3, -0.25) is 0 Å². The lowest BCUT2D eigenvalue weighted by molar-refractivity contribution is -0.305. The molecule has 0 aromatic heterocycles. The average Bonchev–Trinajstić information content (AvgIpc) is 3.51. The summed E-state index contributed by atoms with van der Waals surface area (Å²) in [6.07, 6.45) is 3.45. The van der Waals surface area contributed by atoms with Crippen molar-refractivity contribution >= 4 is 0 Å². The first-order chi connectivity index (χ1) is 15.3. The normalized spacial score (nSPS) is 58.3. The number of fused-ring (bicyclic) bond motifs is 4. The van der Waals surface area contributed by atoms with Crippen LogP contribution in [0.2, 0.25) is 0 Å². The minimum Gasteiger partial charge on any atom is -0.390 e. The van der Waals surface area contributed by atoms with Gasteiger partial charge in [0.2, 0.25) is 0 Å². The van der Waals surface area contributed by atoms with E-state index in [-0.39, 0.29) is 41.6 Å². The Bertz CT molecular complexity index is 727. The van der Waals surface area contributed by atoms with E-state index in [4.69, 9.17) is 14.2 Å². The lowest BCUT2D eigenvalue weighted by Crippen LogP contribution is -2.72. The fraction of sp³-hybridized carbons (Fsp3) is 1.00. The van der Waals surface area contributed by atoms with E-state index in [0.29, 0.717) is 19.4 Å². The lowest BCUT2D eigenvalue weighted by Gasteiger charge is -2.60. The highest BCUT2D eigenvalue weighted by Gasteiger charge is 2.79. The Balaban J connectivity index is 1.42. The molecule has 4 aliphatic carbocycles. The van der Waals surface area contributed by atoms with Crippen molar-refractivity contribution in [2.45, 2.75) is 113 Å². The van der Waals surface area contributed by atoms with Crippen LogP contribution in [0.1, 0.15) is 65.2 Å². The van der Waals surface area contributed by atoms with Gasteiger partial charge in [0.15, 0.2) is 6.29 Å². The predicted octanol–water partition coefficient (Wildman–Crippen LogP) is 1.59. The quantitative estimate of drug-likeness (QED) is 0.380. The number of hydrogen-bond donors (Lipinski definition) is 4. The molecule has 182 valence electrons. The molecule has 2 saturated heterocycles. The Morgan fingerprint density at radius 2 is 1.81 bits per heavy atom. The van der Waals surface area contributed by atoms with Crippen molar-refractivity contribution in [1.29, 1.82) is 0 Å². The molecule has 2 aliphatic heterocycles. The van der Waals surface area contributed by atoms with Gasteiger partial charge in [0, 0.05) is 24.2 Å². The number of aliphatic hydroxyl groups is 4. The van der Waals surface area contributed by atoms with E-state index in [1.165, 1.54) is 6.42 Å². The van der Waals surface area contributed by atoms with Crippen molar-refractivity contribution in [3.05, 3.63) is 0 Å². The molecule has 6 fully saturated rings. The number of hydrogen-bond acceptors (Lipinski definition) is 7. The summed E-state index contributed by atoms with van der Waals surface area (Å²) in [6, 6.07) is 0. The van der Waals surface area contributed by atoms with Gasteiger partial charge in [0.05, 0.1) is 36.6 Å². The van der Waals surface area contributed by atoms with E-state index >= 15 is 0 Å². The molecule has 6 aliphatic rings. The Morgan fingerprint density at radius 1 is 1.06 bits per heavy atom. The third kappa shape index (κ3) is 2.91. The fourth-order valence-electron chi connectivity index (χ4n) is 8.54. The summed E-state index contributed by atoms with van der Waals surface area (Å²) in [6.45, 7) is 4.70. The van der Waals surface area contributed by atoms with Gasteiger partial charge in [-0.1, -0.05) is 33.1 Å². The first-order valence-electron chi connectivity index (χ1n) is 13.0. The van der Waals surface area contributed by atoms with Crippen LogP contribution in [0.25, 0.3) is 0 Å². The Hall–Kier alpha value is -0.280. The van der Waals surface area contributed by atoms with E-state index in [2.05, 4.69) is 6.92 Å². The average molecular weight is 453 g/mol. The second kappa shape index (κ2) is 7.61. The summed E-state index contributed by atoms with van der Waals surface area (Å²) < 4.78 is 18.6. The second-order valence-electron chi connectivity index (χ2n) is 11.9. The molecule has 7 nitrogen and oxygen atoms in total. The van der Waals surface area contributed by atoms with Gasteiger partial charge in [0.1, 0.15) is 11.7 Å². The monoisotopic (exact) mass is 452 g/mol. The molecular weight excluding hydrogens is 412 g/mol. The van der Waals surface area contributed by atoms with Crippen LogP contribution in [-0.2, 0) is 14.2 Å². The molecule has 4 saturated carbocycles. The summed E-state index contributed by atoms with van der Waals surface area (Å²) in [5, 5.41) is 46.1. The van der Waals surface area contributed by atoms with Crippen molar-refractivity contribution in [1.82, 2.24) is 0 Å². The Morgan fingerprint density at radius 3 is 2.50 bits per heavy atom. The van der Waals surface area contributed by atoms with Crippen LogP contribution < -0.4 is 0 Å². The fourth-order valence-corrected chi connectivity index (χ4v) is 8.54. The van der Waals surface area contributed by atoms with Crippen molar-refractivity contribution < 1.29 is 34.6 Å². The van der Waals surface area contributed by atoms with Gasteiger partial charge in [0.25, 0.3) is 0 Å². The third-order valence-corrected chi connectivity index (χ3v) is 10.5. The SMILES string of the molecule is CC1CCC2(O)C(C)C1C(O)C1OC13C(O)CC1OCC1C3[C@H]2OC(O)C1CCCCC1. The number of rotatable bonds is 3. The molecule has 32 heavy (non-hydrogen) atoms. The zero-order valence-electron chi connectivity index (χ0n) is 19.3. The van der Waals surface area contributed by atoms with Crippen molar-refractivity contribution in [3.63, 3.8) is 0 Å². The van der Waals surface area contributed by atoms with Crippen LogP contribution in [0, 0.1) is 35.5 Å². The minimum atomic E-state index is -1.19. The van der Waals surface area contributed by atoms with E-state index < -0.39 is 41.9 Å². The largest absolute Gasteiger partial charge is 0.390 e. The molecule has 13 atom stereocenters. The summed E-state index contributed by atoms with van der Waals surface area (Å²) in [7, 11) is 0. The predicted molar refractivity (Wildman–Crippen MR) is 114 cm³/mol. The first kappa shape index (κ1) is 22.2. The van der Waals surface area contributed by atoms with Crippen LogP contribution in [-0.4, -0.2) is 75.0 Å². The first-order valence-corrected chi connectivity index (χ1v) is 13.0. The van der Waals surface area contributed by atoms with Crippen LogP contribution in [0.15, 0.2) is 0 Å². The van der Waals surface area contributed by atoms with Crippen molar-refractivity contribution in [3.8, 4) is 0 Å². The molecule has 0 radical (unpaired) electrons. The maximum atomic E-state index is 12.3. The maximum absolute atomic E-state index is 12.3. The molecule has 12 unspecified atom stereocenters. The van der Waals surface area contributed by atoms with Gasteiger partial charge in [-0.25, -0.2) is 0 Å². The molecule has 6 rings (SSSR count). The molecule has 2 heterocycles. The molecular formula is C25H40O7. The van der Waals surface area contributed by atoms with Gasteiger partial charge in [-0.2, -0.15) is 0 Å². The lowest BCUT2D eigenvalue weighted by atomic mass is 9.52. The van der Waals surface area contributed by atoms with Crippen molar-refractivity contribution in [2.75, 3.05) is 6.61 Å². The van der Waals surface area contributed by atoms with E-state index in [1.54, 1.807) is 0 Å². The highest BCUT2D eigenvalue weighted by Crippen LogP contribution is 2.65. The molecule has 7 heteroatoms. The van der Waals surface area contributed by atoms with Crippen LogP contribution in [0.3, 0.4) is 0 Å². The third-order valence-electron chi connectivity index (χ3n) is 10.5. The van der Waals surface area contributed by atoms with Crippen LogP contribution in [0.4, 0.5) is 0 Å². The zero-order chi connectivity index (χ0) is 22.4. The zero-order valence-corrected chi connectivity index (χ0v) is 19.3. The van der Waals surface area contributed by atoms with Gasteiger partial charge < -0.3 is 34.6 Å².